The van der Waals surface area contributed by atoms with Crippen LogP contribution in [-0.2, 0) is 10.0 Å². The summed E-state index contributed by atoms with van der Waals surface area (Å²) in [4.78, 5) is 19.4. The number of halogens is 2. The maximum Gasteiger partial charge on any atom is 0.280 e. The van der Waals surface area contributed by atoms with Gasteiger partial charge in [0.05, 0.1) is 16.9 Å². The number of piperidine rings is 1. The Morgan fingerprint density at radius 2 is 1.77 bits per heavy atom. The molecule has 3 heterocycles. The molecule has 0 atom stereocenters. The number of nitrogens with zero attached hydrogens (tertiary/aromatic N) is 3. The average molecular weight is 554 g/mol. The number of aromatic nitrogens is 2. The molecule has 0 spiro atoms. The number of anilines is 3. The first-order chi connectivity index (χ1) is 18.7. The number of pyridine rings is 1. The van der Waals surface area contributed by atoms with Crippen molar-refractivity contribution in [1.82, 2.24) is 15.0 Å². The number of rotatable bonds is 7. The highest BCUT2D eigenvalue weighted by Gasteiger charge is 2.30. The fourth-order valence-corrected chi connectivity index (χ4v) is 5.83. The smallest absolute Gasteiger partial charge is 0.280 e. The van der Waals surface area contributed by atoms with Crippen LogP contribution in [0.1, 0.15) is 40.2 Å². The number of carbonyl (C=O) groups excluding carboxylic acids is 1. The second-order valence-corrected chi connectivity index (χ2v) is 10.8. The van der Waals surface area contributed by atoms with E-state index in [-0.39, 0.29) is 51.0 Å². The van der Waals surface area contributed by atoms with E-state index in [0.717, 1.165) is 5.56 Å². The number of para-hydroxylation sites is 1. The standard InChI is InChI=1S/C27H25F2N5O4S/c1-17-25(31-23-5-3-2-4-22(23)29)21(16-30-26(17)39(36,37)33-24-12-15-38-32-24)27(35)34-13-10-19(11-14-34)18-6-8-20(28)9-7-18/h2-9,12,15-16,19H,10-11,13-14H2,1H3,(H,30,31)(H,32,33). The number of sulfonamides is 1. The summed E-state index contributed by atoms with van der Waals surface area (Å²) in [5.41, 5.74) is 1.44. The van der Waals surface area contributed by atoms with Gasteiger partial charge in [-0.05, 0) is 55.5 Å². The number of likely N-dealkylation sites (tertiary alicyclic amines) is 1. The Balaban J connectivity index is 1.45. The lowest BCUT2D eigenvalue weighted by Gasteiger charge is -2.33. The Kier molecular flexibility index (Phi) is 7.29. The van der Waals surface area contributed by atoms with Crippen molar-refractivity contribution in [2.75, 3.05) is 23.1 Å². The molecule has 39 heavy (non-hydrogen) atoms. The quantitative estimate of drug-likeness (QED) is 0.322. The van der Waals surface area contributed by atoms with Gasteiger partial charge in [0.25, 0.3) is 15.9 Å². The fraction of sp³-hybridized carbons (Fsp3) is 0.222. The Morgan fingerprint density at radius 3 is 2.44 bits per heavy atom. The second-order valence-electron chi connectivity index (χ2n) is 9.19. The molecule has 5 rings (SSSR count). The summed E-state index contributed by atoms with van der Waals surface area (Å²) in [5.74, 6) is -1.09. The minimum Gasteiger partial charge on any atom is -0.363 e. The molecule has 1 aliphatic rings. The Morgan fingerprint density at radius 1 is 1.05 bits per heavy atom. The van der Waals surface area contributed by atoms with Crippen LogP contribution in [0, 0.1) is 18.6 Å². The highest BCUT2D eigenvalue weighted by Crippen LogP contribution is 2.33. The third-order valence-corrected chi connectivity index (χ3v) is 8.09. The van der Waals surface area contributed by atoms with Gasteiger partial charge in [0.15, 0.2) is 10.8 Å². The molecule has 202 valence electrons. The summed E-state index contributed by atoms with van der Waals surface area (Å²) in [6.07, 6.45) is 3.74. The first-order valence-corrected chi connectivity index (χ1v) is 13.7. The van der Waals surface area contributed by atoms with Crippen LogP contribution in [0.3, 0.4) is 0 Å². The Labute approximate surface area is 223 Å². The maximum absolute atomic E-state index is 14.6. The van der Waals surface area contributed by atoms with E-state index >= 15 is 0 Å². The molecule has 2 aromatic heterocycles. The van der Waals surface area contributed by atoms with E-state index in [1.807, 2.05) is 0 Å². The van der Waals surface area contributed by atoms with Crippen LogP contribution in [0.2, 0.25) is 0 Å². The summed E-state index contributed by atoms with van der Waals surface area (Å²) < 4.78 is 61.0. The molecule has 0 aliphatic carbocycles. The van der Waals surface area contributed by atoms with E-state index in [1.54, 1.807) is 23.1 Å². The second kappa shape index (κ2) is 10.8. The zero-order chi connectivity index (χ0) is 27.6. The Bertz CT molecular complexity index is 1590. The molecule has 4 aromatic rings. The third-order valence-electron chi connectivity index (χ3n) is 6.69. The van der Waals surface area contributed by atoms with Crippen molar-refractivity contribution in [1.29, 1.82) is 0 Å². The van der Waals surface area contributed by atoms with Crippen molar-refractivity contribution in [2.45, 2.75) is 30.7 Å². The van der Waals surface area contributed by atoms with E-state index in [1.165, 1.54) is 55.8 Å². The van der Waals surface area contributed by atoms with Crippen molar-refractivity contribution < 1.29 is 26.5 Å². The van der Waals surface area contributed by atoms with E-state index in [9.17, 15) is 22.0 Å². The summed E-state index contributed by atoms with van der Waals surface area (Å²) in [6, 6.07) is 13.6. The van der Waals surface area contributed by atoms with Crippen molar-refractivity contribution in [3.05, 3.63) is 95.4 Å². The van der Waals surface area contributed by atoms with Crippen molar-refractivity contribution in [2.24, 2.45) is 0 Å². The maximum atomic E-state index is 14.6. The molecule has 0 saturated carbocycles. The molecule has 1 saturated heterocycles. The molecule has 1 amide bonds. The molecular formula is C27H25F2N5O4S. The summed E-state index contributed by atoms with van der Waals surface area (Å²) in [5, 5.41) is 6.12. The zero-order valence-electron chi connectivity index (χ0n) is 20.9. The van der Waals surface area contributed by atoms with Crippen molar-refractivity contribution in [3.8, 4) is 0 Å². The van der Waals surface area contributed by atoms with Crippen LogP contribution in [0.25, 0.3) is 0 Å². The van der Waals surface area contributed by atoms with Crippen LogP contribution in [0.4, 0.5) is 26.0 Å². The van der Waals surface area contributed by atoms with Gasteiger partial charge in [-0.25, -0.2) is 13.8 Å². The van der Waals surface area contributed by atoms with Crippen LogP contribution in [0.15, 0.2) is 76.6 Å². The third kappa shape index (κ3) is 5.60. The lowest BCUT2D eigenvalue weighted by atomic mass is 9.89. The first kappa shape index (κ1) is 26.3. The topological polar surface area (TPSA) is 117 Å². The van der Waals surface area contributed by atoms with Gasteiger partial charge in [0.1, 0.15) is 17.9 Å². The Hall–Kier alpha value is -4.32. The van der Waals surface area contributed by atoms with Gasteiger partial charge in [-0.2, -0.15) is 8.42 Å². The fourth-order valence-electron chi connectivity index (χ4n) is 4.66. The minimum atomic E-state index is -4.22. The van der Waals surface area contributed by atoms with Crippen molar-refractivity contribution in [3.63, 3.8) is 0 Å². The molecule has 1 aliphatic heterocycles. The average Bonchev–Trinajstić information content (AvgIpc) is 3.43. The van der Waals surface area contributed by atoms with Crippen molar-refractivity contribution >= 4 is 33.1 Å². The number of hydrogen-bond acceptors (Lipinski definition) is 7. The van der Waals surface area contributed by atoms with Crippen LogP contribution < -0.4 is 10.0 Å². The summed E-state index contributed by atoms with van der Waals surface area (Å²) in [6.45, 7) is 2.37. The number of benzene rings is 2. The van der Waals surface area contributed by atoms with Gasteiger partial charge in [0, 0.05) is 30.9 Å². The minimum absolute atomic E-state index is 0.0380. The molecule has 2 aromatic carbocycles. The molecule has 2 N–H and O–H groups in total. The number of nitrogens with one attached hydrogen (secondary N) is 2. The molecule has 0 radical (unpaired) electrons. The molecule has 12 heteroatoms. The normalized spacial score (nSPS) is 14.3. The molecule has 1 fully saturated rings. The lowest BCUT2D eigenvalue weighted by molar-refractivity contribution is 0.0713. The SMILES string of the molecule is Cc1c(S(=O)(=O)Nc2ccon2)ncc(C(=O)N2CCC(c3ccc(F)cc3)CC2)c1Nc1ccccc1F. The summed E-state index contributed by atoms with van der Waals surface area (Å²) in [7, 11) is -4.22. The van der Waals surface area contributed by atoms with Gasteiger partial charge >= 0.3 is 0 Å². The van der Waals surface area contributed by atoms with Gasteiger partial charge in [0.2, 0.25) is 0 Å². The highest BCUT2D eigenvalue weighted by atomic mass is 32.2. The lowest BCUT2D eigenvalue weighted by Crippen LogP contribution is -2.38. The molecule has 0 bridgehead atoms. The number of amides is 1. The van der Waals surface area contributed by atoms with E-state index in [0.29, 0.717) is 25.9 Å². The van der Waals surface area contributed by atoms with E-state index in [2.05, 4.69) is 24.7 Å². The van der Waals surface area contributed by atoms with Gasteiger partial charge < -0.3 is 14.7 Å². The van der Waals surface area contributed by atoms with Gasteiger partial charge in [-0.3, -0.25) is 9.52 Å². The van der Waals surface area contributed by atoms with Crippen LogP contribution in [-0.4, -0.2) is 42.5 Å². The predicted octanol–water partition coefficient (Wildman–Crippen LogP) is 5.22. The van der Waals surface area contributed by atoms with Gasteiger partial charge in [-0.15, -0.1) is 0 Å². The van der Waals surface area contributed by atoms with Crippen LogP contribution >= 0.6 is 0 Å². The monoisotopic (exact) mass is 553 g/mol. The van der Waals surface area contributed by atoms with Gasteiger partial charge in [-0.1, -0.05) is 29.4 Å². The van der Waals surface area contributed by atoms with E-state index < -0.39 is 15.8 Å². The summed E-state index contributed by atoms with van der Waals surface area (Å²) >= 11 is 0. The molecule has 9 nitrogen and oxygen atoms in total. The van der Waals surface area contributed by atoms with Crippen LogP contribution in [0.5, 0.6) is 0 Å². The zero-order valence-corrected chi connectivity index (χ0v) is 21.7. The molecular weight excluding hydrogens is 528 g/mol. The number of carbonyl (C=O) groups is 1. The highest BCUT2D eigenvalue weighted by molar-refractivity contribution is 7.92. The number of hydrogen-bond donors (Lipinski definition) is 2. The predicted molar refractivity (Wildman–Crippen MR) is 140 cm³/mol. The van der Waals surface area contributed by atoms with E-state index in [4.69, 9.17) is 0 Å². The molecule has 0 unspecified atom stereocenters. The largest absolute Gasteiger partial charge is 0.363 e. The first-order valence-electron chi connectivity index (χ1n) is 12.2.